The fourth-order valence-corrected chi connectivity index (χ4v) is 2.26. The first-order chi connectivity index (χ1) is 10.2. The number of anilines is 1. The third kappa shape index (κ3) is 2.35. The van der Waals surface area contributed by atoms with E-state index >= 15 is 0 Å². The number of fused-ring (bicyclic) bond motifs is 1. The normalized spacial score (nSPS) is 10.3. The molecule has 5 heteroatoms. The van der Waals surface area contributed by atoms with Crippen LogP contribution in [0.5, 0.6) is 0 Å². The second-order valence-corrected chi connectivity index (χ2v) is 4.67. The lowest BCUT2D eigenvalue weighted by Crippen LogP contribution is -2.12. The maximum atomic E-state index is 12.3. The molecule has 21 heavy (non-hydrogen) atoms. The fourth-order valence-electron chi connectivity index (χ4n) is 2.26. The van der Waals surface area contributed by atoms with E-state index in [1.165, 1.54) is 12.3 Å². The summed E-state index contributed by atoms with van der Waals surface area (Å²) in [5.41, 5.74) is 3.24. The number of carbonyl (C=O) groups excluding carboxylic acids is 1. The Kier molecular flexibility index (Phi) is 3.13. The van der Waals surface area contributed by atoms with Crippen LogP contribution in [0.25, 0.3) is 10.9 Å². The zero-order valence-electron chi connectivity index (χ0n) is 11.3. The third-order valence-electron chi connectivity index (χ3n) is 3.27. The molecule has 0 atom stereocenters. The molecule has 2 heterocycles. The Bertz CT molecular complexity index is 873. The molecule has 0 spiro atoms. The van der Waals surface area contributed by atoms with Crippen LogP contribution in [0.1, 0.15) is 21.7 Å². The summed E-state index contributed by atoms with van der Waals surface area (Å²) in [5, 5.41) is 12.7. The van der Waals surface area contributed by atoms with E-state index in [-0.39, 0.29) is 11.6 Å². The maximum absolute atomic E-state index is 12.3. The number of hydrogen-bond acceptors (Lipinski definition) is 3. The van der Waals surface area contributed by atoms with E-state index < -0.39 is 0 Å². The van der Waals surface area contributed by atoms with Gasteiger partial charge in [-0.05, 0) is 25.1 Å². The van der Waals surface area contributed by atoms with Gasteiger partial charge in [-0.25, -0.2) is 4.98 Å². The van der Waals surface area contributed by atoms with Crippen molar-refractivity contribution >= 4 is 22.5 Å². The molecule has 0 aliphatic rings. The highest BCUT2D eigenvalue weighted by molar-refractivity contribution is 6.09. The summed E-state index contributed by atoms with van der Waals surface area (Å²) in [6, 6.07) is 12.7. The van der Waals surface area contributed by atoms with Crippen LogP contribution in [0.3, 0.4) is 0 Å². The number of nitrogens with one attached hydrogen (secondary N) is 2. The monoisotopic (exact) mass is 276 g/mol. The number of amides is 1. The summed E-state index contributed by atoms with van der Waals surface area (Å²) in [6.45, 7) is 1.91. The van der Waals surface area contributed by atoms with Crippen LogP contribution in [0.15, 0.2) is 42.6 Å². The summed E-state index contributed by atoms with van der Waals surface area (Å²) in [4.78, 5) is 19.4. The van der Waals surface area contributed by atoms with Gasteiger partial charge in [-0.2, -0.15) is 5.26 Å². The number of rotatable bonds is 2. The van der Waals surface area contributed by atoms with Gasteiger partial charge < -0.3 is 10.3 Å². The van der Waals surface area contributed by atoms with Crippen molar-refractivity contribution in [1.29, 1.82) is 5.26 Å². The van der Waals surface area contributed by atoms with E-state index in [4.69, 9.17) is 5.26 Å². The molecule has 1 amide bonds. The van der Waals surface area contributed by atoms with Crippen molar-refractivity contribution in [3.63, 3.8) is 0 Å². The van der Waals surface area contributed by atoms with Crippen molar-refractivity contribution < 1.29 is 4.79 Å². The van der Waals surface area contributed by atoms with Gasteiger partial charge in [-0.15, -0.1) is 0 Å². The number of hydrogen-bond donors (Lipinski definition) is 2. The van der Waals surface area contributed by atoms with Gasteiger partial charge in [0.25, 0.3) is 5.91 Å². The van der Waals surface area contributed by atoms with Crippen LogP contribution in [-0.2, 0) is 0 Å². The van der Waals surface area contributed by atoms with Gasteiger partial charge in [0.05, 0.1) is 5.69 Å². The molecule has 0 saturated heterocycles. The number of carbonyl (C=O) groups is 1. The van der Waals surface area contributed by atoms with E-state index in [2.05, 4.69) is 15.3 Å². The van der Waals surface area contributed by atoms with Crippen molar-refractivity contribution in [2.24, 2.45) is 0 Å². The van der Waals surface area contributed by atoms with Gasteiger partial charge in [-0.3, -0.25) is 4.79 Å². The summed E-state index contributed by atoms with van der Waals surface area (Å²) < 4.78 is 0. The Morgan fingerprint density at radius 1 is 1.33 bits per heavy atom. The minimum atomic E-state index is -0.262. The Hall–Kier alpha value is -3.13. The molecule has 0 radical (unpaired) electrons. The maximum Gasteiger partial charge on any atom is 0.255 e. The van der Waals surface area contributed by atoms with Crippen molar-refractivity contribution in [2.75, 3.05) is 5.32 Å². The highest BCUT2D eigenvalue weighted by atomic mass is 16.1. The SMILES string of the molecule is Cc1[nH]c2ccccc2c1NC(=O)c1ccnc(C#N)c1. The fraction of sp³-hybridized carbons (Fsp3) is 0.0625. The van der Waals surface area contributed by atoms with E-state index in [1.54, 1.807) is 6.07 Å². The number of aromatic amines is 1. The second kappa shape index (κ2) is 5.10. The Balaban J connectivity index is 1.96. The third-order valence-corrected chi connectivity index (χ3v) is 3.27. The molecule has 5 nitrogen and oxygen atoms in total. The quantitative estimate of drug-likeness (QED) is 0.754. The standard InChI is InChI=1S/C16H12N4O/c1-10-15(13-4-2-3-5-14(13)19-10)20-16(21)11-6-7-18-12(8-11)9-17/h2-8,19H,1H3,(H,20,21). The highest BCUT2D eigenvalue weighted by Gasteiger charge is 2.13. The summed E-state index contributed by atoms with van der Waals surface area (Å²) in [6.07, 6.45) is 1.45. The lowest BCUT2D eigenvalue weighted by molar-refractivity contribution is 0.102. The lowest BCUT2D eigenvalue weighted by atomic mass is 10.2. The van der Waals surface area contributed by atoms with Gasteiger partial charge in [0.15, 0.2) is 0 Å². The molecule has 2 N–H and O–H groups in total. The summed E-state index contributed by atoms with van der Waals surface area (Å²) in [5.74, 6) is -0.262. The Labute approximate surface area is 121 Å². The van der Waals surface area contributed by atoms with Crippen LogP contribution < -0.4 is 5.32 Å². The highest BCUT2D eigenvalue weighted by Crippen LogP contribution is 2.27. The molecular weight excluding hydrogens is 264 g/mol. The van der Waals surface area contributed by atoms with Crippen molar-refractivity contribution in [3.05, 3.63) is 59.5 Å². The molecule has 0 unspecified atom stereocenters. The van der Waals surface area contributed by atoms with E-state index in [1.807, 2.05) is 37.3 Å². The van der Waals surface area contributed by atoms with Crippen molar-refractivity contribution in [1.82, 2.24) is 9.97 Å². The predicted molar refractivity (Wildman–Crippen MR) is 79.9 cm³/mol. The lowest BCUT2D eigenvalue weighted by Gasteiger charge is -2.05. The van der Waals surface area contributed by atoms with Crippen molar-refractivity contribution in [3.8, 4) is 6.07 Å². The molecule has 2 aromatic heterocycles. The first-order valence-corrected chi connectivity index (χ1v) is 6.44. The average molecular weight is 276 g/mol. The Morgan fingerprint density at radius 2 is 2.14 bits per heavy atom. The average Bonchev–Trinajstić information content (AvgIpc) is 2.83. The van der Waals surface area contributed by atoms with E-state index in [0.717, 1.165) is 22.3 Å². The zero-order chi connectivity index (χ0) is 14.8. The predicted octanol–water partition coefficient (Wildman–Crippen LogP) is 3.00. The molecule has 0 aliphatic carbocycles. The molecule has 102 valence electrons. The molecule has 1 aromatic carbocycles. The zero-order valence-corrected chi connectivity index (χ0v) is 11.3. The summed E-state index contributed by atoms with van der Waals surface area (Å²) >= 11 is 0. The molecule has 0 aliphatic heterocycles. The van der Waals surface area contributed by atoms with Gasteiger partial charge >= 0.3 is 0 Å². The number of benzene rings is 1. The number of nitriles is 1. The van der Waals surface area contributed by atoms with Gasteiger partial charge in [-0.1, -0.05) is 18.2 Å². The molecule has 3 rings (SSSR count). The van der Waals surface area contributed by atoms with Crippen molar-refractivity contribution in [2.45, 2.75) is 6.92 Å². The number of pyridine rings is 1. The van der Waals surface area contributed by atoms with Crippen LogP contribution in [0.2, 0.25) is 0 Å². The second-order valence-electron chi connectivity index (χ2n) is 4.67. The molecule has 0 bridgehead atoms. The number of aromatic nitrogens is 2. The smallest absolute Gasteiger partial charge is 0.255 e. The van der Waals surface area contributed by atoms with Gasteiger partial charge in [0, 0.05) is 28.4 Å². The van der Waals surface area contributed by atoms with E-state index in [9.17, 15) is 4.79 Å². The van der Waals surface area contributed by atoms with Gasteiger partial charge in [0.1, 0.15) is 11.8 Å². The van der Waals surface area contributed by atoms with Crippen LogP contribution in [0.4, 0.5) is 5.69 Å². The Morgan fingerprint density at radius 3 is 2.95 bits per heavy atom. The summed E-state index contributed by atoms with van der Waals surface area (Å²) in [7, 11) is 0. The number of aryl methyl sites for hydroxylation is 1. The number of H-pyrrole nitrogens is 1. The van der Waals surface area contributed by atoms with Crippen LogP contribution in [-0.4, -0.2) is 15.9 Å². The molecule has 0 fully saturated rings. The van der Waals surface area contributed by atoms with E-state index in [0.29, 0.717) is 5.56 Å². The first-order valence-electron chi connectivity index (χ1n) is 6.44. The van der Waals surface area contributed by atoms with Crippen LogP contribution in [0, 0.1) is 18.3 Å². The first kappa shape index (κ1) is 12.9. The largest absolute Gasteiger partial charge is 0.357 e. The number of nitrogens with zero attached hydrogens (tertiary/aromatic N) is 2. The molecule has 0 saturated carbocycles. The number of para-hydroxylation sites is 1. The molecular formula is C16H12N4O. The van der Waals surface area contributed by atoms with Crippen LogP contribution >= 0.6 is 0 Å². The molecule has 3 aromatic rings. The van der Waals surface area contributed by atoms with Gasteiger partial charge in [0.2, 0.25) is 0 Å². The topological polar surface area (TPSA) is 81.6 Å². The minimum absolute atomic E-state index is 0.221. The minimum Gasteiger partial charge on any atom is -0.357 e.